The molecule has 2 saturated heterocycles. The van der Waals surface area contributed by atoms with Gasteiger partial charge in [0.05, 0.1) is 22.6 Å². The van der Waals surface area contributed by atoms with E-state index in [1.54, 1.807) is 28.0 Å². The second-order valence-corrected chi connectivity index (χ2v) is 11.1. The second-order valence-electron chi connectivity index (χ2n) is 9.21. The molecule has 9 heteroatoms. The first-order valence-electron chi connectivity index (χ1n) is 12.0. The Kier molecular flexibility index (Phi) is 7.42. The molecule has 0 N–H and O–H groups in total. The van der Waals surface area contributed by atoms with Crippen molar-refractivity contribution in [2.75, 3.05) is 39.3 Å². The van der Waals surface area contributed by atoms with Gasteiger partial charge in [0.2, 0.25) is 15.9 Å². The van der Waals surface area contributed by atoms with E-state index in [1.165, 1.54) is 16.8 Å². The minimum atomic E-state index is -3.60. The van der Waals surface area contributed by atoms with Crippen LogP contribution < -0.4 is 0 Å². The average Bonchev–Trinajstić information content (AvgIpc) is 3.42. The van der Waals surface area contributed by atoms with Gasteiger partial charge in [-0.3, -0.25) is 9.59 Å². The number of piperazine rings is 1. The number of carbonyl (C=O) groups excluding carboxylic acids is 2. The number of furan rings is 1. The quantitative estimate of drug-likeness (QED) is 0.624. The number of rotatable bonds is 6. The van der Waals surface area contributed by atoms with Crippen molar-refractivity contribution in [2.24, 2.45) is 5.92 Å². The Balaban J connectivity index is 1.34. The highest BCUT2D eigenvalue weighted by Gasteiger charge is 2.35. The molecule has 2 amide bonds. The zero-order chi connectivity index (χ0) is 24.3. The van der Waals surface area contributed by atoms with Crippen molar-refractivity contribution in [1.29, 1.82) is 0 Å². The van der Waals surface area contributed by atoms with Crippen molar-refractivity contribution in [3.05, 3.63) is 54.0 Å². The van der Waals surface area contributed by atoms with Gasteiger partial charge >= 0.3 is 0 Å². The zero-order valence-corrected chi connectivity index (χ0v) is 20.7. The molecule has 0 spiro atoms. The summed E-state index contributed by atoms with van der Waals surface area (Å²) in [6, 6.07) is 8.77. The van der Waals surface area contributed by atoms with E-state index in [-0.39, 0.29) is 30.8 Å². The van der Waals surface area contributed by atoms with Crippen molar-refractivity contribution < 1.29 is 22.4 Å². The lowest BCUT2D eigenvalue weighted by Crippen LogP contribution is -2.54. The predicted molar refractivity (Wildman–Crippen MR) is 128 cm³/mol. The van der Waals surface area contributed by atoms with Crippen LogP contribution in [0, 0.1) is 5.92 Å². The molecule has 0 bridgehead atoms. The molecule has 1 aromatic heterocycles. The largest absolute Gasteiger partial charge is 0.472 e. The molecule has 34 heavy (non-hydrogen) atoms. The van der Waals surface area contributed by atoms with E-state index in [0.717, 1.165) is 24.8 Å². The van der Waals surface area contributed by atoms with Crippen molar-refractivity contribution >= 4 is 21.8 Å². The van der Waals surface area contributed by atoms with Gasteiger partial charge < -0.3 is 14.2 Å². The maximum absolute atomic E-state index is 13.2. The molecule has 3 heterocycles. The van der Waals surface area contributed by atoms with Crippen LogP contribution in [0.4, 0.5) is 0 Å². The van der Waals surface area contributed by atoms with Gasteiger partial charge in [-0.25, -0.2) is 8.42 Å². The Morgan fingerprint density at radius 3 is 2.35 bits per heavy atom. The maximum Gasteiger partial charge on any atom is 0.257 e. The third-order valence-electron chi connectivity index (χ3n) is 7.08. The number of amides is 2. The van der Waals surface area contributed by atoms with Gasteiger partial charge in [0.1, 0.15) is 6.26 Å². The lowest BCUT2D eigenvalue weighted by atomic mass is 9.95. The molecule has 4 rings (SSSR count). The van der Waals surface area contributed by atoms with Crippen LogP contribution in [-0.2, 0) is 14.8 Å². The van der Waals surface area contributed by atoms with Gasteiger partial charge in [0.25, 0.3) is 5.91 Å². The summed E-state index contributed by atoms with van der Waals surface area (Å²) in [4.78, 5) is 29.5. The van der Waals surface area contributed by atoms with Crippen molar-refractivity contribution in [3.8, 4) is 0 Å². The third kappa shape index (κ3) is 5.05. The Hall–Kier alpha value is -2.65. The Morgan fingerprint density at radius 2 is 1.74 bits per heavy atom. The highest BCUT2D eigenvalue weighted by molar-refractivity contribution is 7.89. The number of carbonyl (C=O) groups is 2. The monoisotopic (exact) mass is 487 g/mol. The van der Waals surface area contributed by atoms with Crippen LogP contribution in [0.1, 0.15) is 54.9 Å². The van der Waals surface area contributed by atoms with Crippen molar-refractivity contribution in [1.82, 2.24) is 14.1 Å². The lowest BCUT2D eigenvalue weighted by Gasteiger charge is -2.38. The normalized spacial score (nSPS) is 20.8. The third-order valence-corrected chi connectivity index (χ3v) is 8.99. The van der Waals surface area contributed by atoms with Gasteiger partial charge in [0.15, 0.2) is 0 Å². The first kappa shape index (κ1) is 24.5. The molecular formula is C25H33N3O5S. The van der Waals surface area contributed by atoms with E-state index in [0.29, 0.717) is 42.6 Å². The summed E-state index contributed by atoms with van der Waals surface area (Å²) in [5, 5.41) is 0. The first-order valence-corrected chi connectivity index (χ1v) is 13.5. The molecule has 1 aromatic carbocycles. The zero-order valence-electron chi connectivity index (χ0n) is 19.9. The van der Waals surface area contributed by atoms with Crippen LogP contribution >= 0.6 is 0 Å². The standard InChI is InChI=1S/C25H33N3O5S/c1-3-19(2)20-6-8-23(9-7-20)34(31,32)28-14-12-26(13-15-28)24(29)21-5-4-11-27(17-21)25(30)22-10-16-33-18-22/h6-10,16,18-19,21H,3-5,11-15,17H2,1-2H3. The van der Waals surface area contributed by atoms with Crippen LogP contribution in [0.25, 0.3) is 0 Å². The molecular weight excluding hydrogens is 454 g/mol. The first-order chi connectivity index (χ1) is 16.3. The lowest BCUT2D eigenvalue weighted by molar-refractivity contribution is -0.138. The van der Waals surface area contributed by atoms with E-state index >= 15 is 0 Å². The van der Waals surface area contributed by atoms with Crippen molar-refractivity contribution in [3.63, 3.8) is 0 Å². The fourth-order valence-corrected chi connectivity index (χ4v) is 6.11. The fraction of sp³-hybridized carbons (Fsp3) is 0.520. The minimum Gasteiger partial charge on any atom is -0.472 e. The van der Waals surface area contributed by atoms with Crippen molar-refractivity contribution in [2.45, 2.75) is 43.9 Å². The molecule has 2 aromatic rings. The molecule has 2 fully saturated rings. The smallest absolute Gasteiger partial charge is 0.257 e. The van der Waals surface area contributed by atoms with Gasteiger partial charge in [-0.15, -0.1) is 0 Å². The maximum atomic E-state index is 13.2. The molecule has 0 aliphatic carbocycles. The van der Waals surface area contributed by atoms with Gasteiger partial charge in [-0.05, 0) is 48.9 Å². The summed E-state index contributed by atoms with van der Waals surface area (Å²) >= 11 is 0. The van der Waals surface area contributed by atoms with Gasteiger partial charge in [0, 0.05) is 39.3 Å². The van der Waals surface area contributed by atoms with Crippen LogP contribution in [-0.4, -0.2) is 73.6 Å². The van der Waals surface area contributed by atoms with E-state index in [9.17, 15) is 18.0 Å². The van der Waals surface area contributed by atoms with Gasteiger partial charge in [-0.1, -0.05) is 26.0 Å². The summed E-state index contributed by atoms with van der Waals surface area (Å²) in [7, 11) is -3.60. The molecule has 184 valence electrons. The minimum absolute atomic E-state index is 0.000326. The second kappa shape index (κ2) is 10.3. The van der Waals surface area contributed by atoms with E-state index < -0.39 is 10.0 Å². The van der Waals surface area contributed by atoms with E-state index in [1.807, 2.05) is 12.1 Å². The molecule has 0 radical (unpaired) electrons. The van der Waals surface area contributed by atoms with Crippen LogP contribution in [0.2, 0.25) is 0 Å². The molecule has 8 nitrogen and oxygen atoms in total. The number of hydrogen-bond acceptors (Lipinski definition) is 5. The van der Waals surface area contributed by atoms with Crippen LogP contribution in [0.5, 0.6) is 0 Å². The number of likely N-dealkylation sites (tertiary alicyclic amines) is 1. The Bertz CT molecular complexity index is 1090. The summed E-state index contributed by atoms with van der Waals surface area (Å²) in [6.07, 6.45) is 5.38. The number of benzene rings is 1. The molecule has 0 saturated carbocycles. The van der Waals surface area contributed by atoms with Crippen LogP contribution in [0.3, 0.4) is 0 Å². The number of hydrogen-bond donors (Lipinski definition) is 0. The molecule has 2 aliphatic rings. The van der Waals surface area contributed by atoms with Crippen LogP contribution in [0.15, 0.2) is 52.2 Å². The number of nitrogens with zero attached hydrogens (tertiary/aromatic N) is 3. The highest BCUT2D eigenvalue weighted by Crippen LogP contribution is 2.25. The molecule has 2 aliphatic heterocycles. The van der Waals surface area contributed by atoms with E-state index in [2.05, 4.69) is 13.8 Å². The number of sulfonamides is 1. The SMILES string of the molecule is CCC(C)c1ccc(S(=O)(=O)N2CCN(C(=O)C3CCCN(C(=O)c4ccoc4)C3)CC2)cc1. The summed E-state index contributed by atoms with van der Waals surface area (Å²) in [5.74, 6) is -0.000906. The fourth-order valence-electron chi connectivity index (χ4n) is 4.69. The summed E-state index contributed by atoms with van der Waals surface area (Å²) in [6.45, 7) is 6.48. The van der Waals surface area contributed by atoms with Gasteiger partial charge in [-0.2, -0.15) is 4.31 Å². The summed E-state index contributed by atoms with van der Waals surface area (Å²) < 4.78 is 32.7. The Morgan fingerprint density at radius 1 is 1.03 bits per heavy atom. The molecule has 2 atom stereocenters. The predicted octanol–water partition coefficient (Wildman–Crippen LogP) is 3.18. The number of piperidine rings is 1. The Labute approximate surface area is 201 Å². The van der Waals surface area contributed by atoms with E-state index in [4.69, 9.17) is 4.42 Å². The summed E-state index contributed by atoms with van der Waals surface area (Å²) in [5.41, 5.74) is 1.62. The average molecular weight is 488 g/mol. The topological polar surface area (TPSA) is 91.1 Å². The highest BCUT2D eigenvalue weighted by atomic mass is 32.2. The molecule has 2 unspecified atom stereocenters.